The van der Waals surface area contributed by atoms with Crippen LogP contribution in [0.15, 0.2) is 0 Å². The van der Waals surface area contributed by atoms with E-state index < -0.39 is 73.6 Å². The highest BCUT2D eigenvalue weighted by Crippen LogP contribution is 2.29. The Morgan fingerprint density at radius 2 is 1.21 bits per heavy atom. The van der Waals surface area contributed by atoms with Crippen molar-refractivity contribution in [3.63, 3.8) is 0 Å². The molecule has 13 heteroatoms. The monoisotopic (exact) mass is 476 g/mol. The number of rotatable bonds is 11. The average Bonchev–Trinajstić information content (AvgIpc) is 2.66. The topological polar surface area (TPSA) is 167 Å². The molecule has 0 radical (unpaired) electrons. The van der Waals surface area contributed by atoms with Crippen LogP contribution in [0.1, 0.15) is 41.0 Å². The van der Waals surface area contributed by atoms with Crippen LogP contribution in [0.5, 0.6) is 0 Å². The van der Waals surface area contributed by atoms with E-state index in [4.69, 9.17) is 33.2 Å². The average molecular weight is 476 g/mol. The molecule has 0 aromatic heterocycles. The summed E-state index contributed by atoms with van der Waals surface area (Å²) >= 11 is 0. The van der Waals surface area contributed by atoms with Gasteiger partial charge in [-0.3, -0.25) is 28.8 Å². The van der Waals surface area contributed by atoms with Crippen LogP contribution in [0.2, 0.25) is 0 Å². The molecule has 13 nitrogen and oxygen atoms in total. The third-order valence-electron chi connectivity index (χ3n) is 3.97. The summed E-state index contributed by atoms with van der Waals surface area (Å²) in [4.78, 5) is 68.8. The number of esters is 5. The molecule has 0 bridgehead atoms. The Labute approximate surface area is 189 Å². The number of hydrogen-bond acceptors (Lipinski definition) is 13. The lowest BCUT2D eigenvalue weighted by Gasteiger charge is -2.44. The maximum Gasteiger partial charge on any atom is 0.313 e. The Hall–Kier alpha value is -3.06. The SMILES string of the molecule is CC(=O)CC(=O)OCCO[C@@H]1O[C@H](COC(C)=O)[C@@H](OC(C)=O)[C@H](OC(C)=O)[C@H]1OC(C)=O. The van der Waals surface area contributed by atoms with Crippen molar-refractivity contribution in [3.05, 3.63) is 0 Å². The Bertz CT molecular complexity index is 746. The molecule has 186 valence electrons. The van der Waals surface area contributed by atoms with Crippen LogP contribution in [-0.4, -0.2) is 86.2 Å². The first kappa shape index (κ1) is 28.0. The Kier molecular flexibility index (Phi) is 11.4. The van der Waals surface area contributed by atoms with Gasteiger partial charge in [-0.1, -0.05) is 0 Å². The molecule has 1 aliphatic rings. The van der Waals surface area contributed by atoms with Gasteiger partial charge >= 0.3 is 29.8 Å². The quantitative estimate of drug-likeness (QED) is 0.164. The van der Waals surface area contributed by atoms with Crippen molar-refractivity contribution in [1.82, 2.24) is 0 Å². The molecule has 0 saturated carbocycles. The Morgan fingerprint density at radius 3 is 1.73 bits per heavy atom. The summed E-state index contributed by atoms with van der Waals surface area (Å²) in [6.45, 7) is 4.76. The maximum atomic E-state index is 11.7. The number of ketones is 1. The third-order valence-corrected chi connectivity index (χ3v) is 3.97. The molecule has 1 fully saturated rings. The summed E-state index contributed by atoms with van der Waals surface area (Å²) in [5, 5.41) is 0. The molecule has 1 saturated heterocycles. The molecular formula is C20H28O13. The van der Waals surface area contributed by atoms with Crippen molar-refractivity contribution in [2.24, 2.45) is 0 Å². The fraction of sp³-hybridized carbons (Fsp3) is 0.700. The summed E-state index contributed by atoms with van der Waals surface area (Å²) in [6.07, 6.45) is -6.98. The highest BCUT2D eigenvalue weighted by molar-refractivity contribution is 5.94. The predicted molar refractivity (Wildman–Crippen MR) is 104 cm³/mol. The minimum Gasteiger partial charge on any atom is -0.463 e. The summed E-state index contributed by atoms with van der Waals surface area (Å²) < 4.78 is 36.7. The zero-order chi connectivity index (χ0) is 25.1. The van der Waals surface area contributed by atoms with Crippen LogP contribution >= 0.6 is 0 Å². The molecule has 0 N–H and O–H groups in total. The minimum absolute atomic E-state index is 0.253. The van der Waals surface area contributed by atoms with Gasteiger partial charge in [-0.05, 0) is 6.92 Å². The lowest BCUT2D eigenvalue weighted by molar-refractivity contribution is -0.309. The van der Waals surface area contributed by atoms with E-state index in [1.165, 1.54) is 6.92 Å². The van der Waals surface area contributed by atoms with Gasteiger partial charge in [-0.15, -0.1) is 0 Å². The number of Topliss-reactive ketones (excluding diaryl/α,β-unsaturated/α-hetero) is 1. The zero-order valence-electron chi connectivity index (χ0n) is 19.0. The van der Waals surface area contributed by atoms with E-state index in [1.54, 1.807) is 0 Å². The minimum atomic E-state index is -1.38. The van der Waals surface area contributed by atoms with Crippen molar-refractivity contribution < 1.29 is 61.9 Å². The Morgan fingerprint density at radius 1 is 0.667 bits per heavy atom. The van der Waals surface area contributed by atoms with E-state index in [2.05, 4.69) is 0 Å². The Balaban J connectivity index is 3.08. The van der Waals surface area contributed by atoms with Gasteiger partial charge < -0.3 is 33.2 Å². The summed E-state index contributed by atoms with van der Waals surface area (Å²) in [5.41, 5.74) is 0. The predicted octanol–water partition coefficient (Wildman–Crippen LogP) is -0.392. The van der Waals surface area contributed by atoms with Crippen LogP contribution in [0.4, 0.5) is 0 Å². The van der Waals surface area contributed by atoms with Gasteiger partial charge in [-0.2, -0.15) is 0 Å². The molecular weight excluding hydrogens is 448 g/mol. The second-order valence-electron chi connectivity index (χ2n) is 7.04. The van der Waals surface area contributed by atoms with Crippen LogP contribution in [0.25, 0.3) is 0 Å². The standard InChI is InChI=1S/C20H28O13/c1-10(21)8-16(26)27-6-7-28-20-19(32-14(5)25)18(31-13(4)24)17(30-12(3)23)15(33-20)9-29-11(2)22/h15,17-20H,6-9H2,1-5H3/t15-,17-,18+,19-,20-/m1/s1. The van der Waals surface area contributed by atoms with Gasteiger partial charge in [0.1, 0.15) is 31.5 Å². The first-order valence-corrected chi connectivity index (χ1v) is 9.97. The van der Waals surface area contributed by atoms with Crippen molar-refractivity contribution >= 4 is 35.6 Å². The largest absolute Gasteiger partial charge is 0.463 e. The van der Waals surface area contributed by atoms with E-state index in [-0.39, 0.29) is 19.0 Å². The molecule has 0 aromatic carbocycles. The fourth-order valence-electron chi connectivity index (χ4n) is 2.90. The lowest BCUT2D eigenvalue weighted by Crippen LogP contribution is -2.63. The van der Waals surface area contributed by atoms with Gasteiger partial charge in [0.2, 0.25) is 0 Å². The molecule has 0 unspecified atom stereocenters. The number of carbonyl (C=O) groups is 6. The van der Waals surface area contributed by atoms with Crippen molar-refractivity contribution in [2.45, 2.75) is 71.7 Å². The number of carbonyl (C=O) groups excluding carboxylic acids is 6. The van der Waals surface area contributed by atoms with E-state index in [1.807, 2.05) is 0 Å². The van der Waals surface area contributed by atoms with E-state index in [9.17, 15) is 28.8 Å². The molecule has 5 atom stereocenters. The molecule has 1 heterocycles. The summed E-state index contributed by atoms with van der Waals surface area (Å²) in [5.74, 6) is -4.09. The van der Waals surface area contributed by atoms with Crippen molar-refractivity contribution in [3.8, 4) is 0 Å². The van der Waals surface area contributed by atoms with Crippen LogP contribution in [0.3, 0.4) is 0 Å². The van der Waals surface area contributed by atoms with E-state index >= 15 is 0 Å². The molecule has 0 amide bonds. The van der Waals surface area contributed by atoms with E-state index in [0.29, 0.717) is 0 Å². The van der Waals surface area contributed by atoms with Crippen molar-refractivity contribution in [2.75, 3.05) is 19.8 Å². The van der Waals surface area contributed by atoms with Crippen LogP contribution in [0, 0.1) is 0 Å². The lowest BCUT2D eigenvalue weighted by atomic mass is 9.98. The number of hydrogen-bond donors (Lipinski definition) is 0. The highest BCUT2D eigenvalue weighted by atomic mass is 16.7. The number of ether oxygens (including phenoxy) is 7. The highest BCUT2D eigenvalue weighted by Gasteiger charge is 2.52. The second kappa shape index (κ2) is 13.5. The molecule has 0 spiro atoms. The smallest absolute Gasteiger partial charge is 0.313 e. The zero-order valence-corrected chi connectivity index (χ0v) is 19.0. The van der Waals surface area contributed by atoms with Crippen molar-refractivity contribution in [1.29, 1.82) is 0 Å². The molecule has 33 heavy (non-hydrogen) atoms. The summed E-state index contributed by atoms with van der Waals surface area (Å²) in [7, 11) is 0. The third kappa shape index (κ3) is 10.4. The first-order chi connectivity index (χ1) is 15.4. The van der Waals surface area contributed by atoms with Crippen LogP contribution in [-0.2, 0) is 61.9 Å². The van der Waals surface area contributed by atoms with Gasteiger partial charge in [0.05, 0.1) is 6.61 Å². The fourth-order valence-corrected chi connectivity index (χ4v) is 2.90. The second-order valence-corrected chi connectivity index (χ2v) is 7.04. The maximum absolute atomic E-state index is 11.7. The summed E-state index contributed by atoms with van der Waals surface area (Å²) in [6, 6.07) is 0. The van der Waals surface area contributed by atoms with E-state index in [0.717, 1.165) is 27.7 Å². The van der Waals surface area contributed by atoms with Gasteiger partial charge in [-0.25, -0.2) is 0 Å². The van der Waals surface area contributed by atoms with Crippen LogP contribution < -0.4 is 0 Å². The molecule has 0 aliphatic carbocycles. The normalized spacial score (nSPS) is 24.2. The van der Waals surface area contributed by atoms with Gasteiger partial charge in [0.25, 0.3) is 0 Å². The van der Waals surface area contributed by atoms with Gasteiger partial charge in [0.15, 0.2) is 24.6 Å². The molecule has 0 aromatic rings. The van der Waals surface area contributed by atoms with Gasteiger partial charge in [0, 0.05) is 27.7 Å². The first-order valence-electron chi connectivity index (χ1n) is 9.97. The molecule has 1 aliphatic heterocycles. The molecule has 1 rings (SSSR count).